The fourth-order valence-corrected chi connectivity index (χ4v) is 4.73. The van der Waals surface area contributed by atoms with Crippen molar-refractivity contribution in [3.8, 4) is 5.75 Å². The number of rotatable bonds is 5. The van der Waals surface area contributed by atoms with Crippen molar-refractivity contribution in [1.29, 1.82) is 0 Å². The highest BCUT2D eigenvalue weighted by Gasteiger charge is 2.30. The number of aromatic hydroxyl groups is 1. The molecule has 0 spiro atoms. The summed E-state index contributed by atoms with van der Waals surface area (Å²) < 4.78 is 0. The molecule has 2 aromatic carbocycles. The highest BCUT2D eigenvalue weighted by Crippen LogP contribution is 2.48. The molecule has 0 bridgehead atoms. The van der Waals surface area contributed by atoms with Gasteiger partial charge in [0.25, 0.3) is 0 Å². The number of aryl methyl sites for hydroxylation is 2. The second-order valence-corrected chi connectivity index (χ2v) is 8.44. The summed E-state index contributed by atoms with van der Waals surface area (Å²) in [6, 6.07) is 12.5. The Kier molecular flexibility index (Phi) is 5.83. The summed E-state index contributed by atoms with van der Waals surface area (Å²) in [5.74, 6) is 0.436. The Balaban J connectivity index is 2.57. The molecule has 0 aromatic heterocycles. The van der Waals surface area contributed by atoms with E-state index in [9.17, 15) is 5.11 Å². The minimum Gasteiger partial charge on any atom is -0.507 e. The van der Waals surface area contributed by atoms with E-state index < -0.39 is 0 Å². The van der Waals surface area contributed by atoms with Crippen LogP contribution >= 0.6 is 8.58 Å². The predicted octanol–water partition coefficient (Wildman–Crippen LogP) is 5.08. The second-order valence-electron chi connectivity index (χ2n) is 6.59. The lowest BCUT2D eigenvalue weighted by Crippen LogP contribution is -2.23. The quantitative estimate of drug-likeness (QED) is 0.597. The minimum absolute atomic E-state index is 0.0923. The first-order chi connectivity index (χ1) is 11.3. The monoisotopic (exact) mass is 341 g/mol. The number of benzene rings is 2. The van der Waals surface area contributed by atoms with Crippen LogP contribution < -0.4 is 5.30 Å². The Morgan fingerprint density at radius 2 is 1.75 bits per heavy atom. The Bertz CT molecular complexity index is 766. The standard InChI is InChI=1S/C21H28NOP/c1-7-21(5,18-13-9-10-14(2)19(18)23)24-20-15(3)11-8-12-17(20)16(4)22-6/h8-13,23-24H,7H2,1-6H3. The number of phenols is 1. The summed E-state index contributed by atoms with van der Waals surface area (Å²) in [5.41, 5.74) is 5.56. The van der Waals surface area contributed by atoms with Crippen molar-refractivity contribution >= 4 is 19.6 Å². The van der Waals surface area contributed by atoms with Crippen molar-refractivity contribution in [3.05, 3.63) is 58.7 Å². The number of hydrogen-bond donors (Lipinski definition) is 1. The van der Waals surface area contributed by atoms with E-state index in [1.807, 2.05) is 26.1 Å². The van der Waals surface area contributed by atoms with E-state index in [-0.39, 0.29) is 5.16 Å². The first kappa shape index (κ1) is 18.7. The average Bonchev–Trinajstić information content (AvgIpc) is 2.58. The Morgan fingerprint density at radius 1 is 1.12 bits per heavy atom. The van der Waals surface area contributed by atoms with Crippen LogP contribution in [-0.2, 0) is 5.16 Å². The zero-order valence-corrected chi connectivity index (χ0v) is 16.6. The molecule has 0 saturated carbocycles. The molecular weight excluding hydrogens is 313 g/mol. The fourth-order valence-electron chi connectivity index (χ4n) is 2.98. The largest absolute Gasteiger partial charge is 0.507 e. The molecule has 0 fully saturated rings. The van der Waals surface area contributed by atoms with Crippen LogP contribution in [0.5, 0.6) is 5.75 Å². The van der Waals surface area contributed by atoms with Gasteiger partial charge in [0.1, 0.15) is 5.75 Å². The second kappa shape index (κ2) is 7.49. The Morgan fingerprint density at radius 3 is 2.38 bits per heavy atom. The third-order valence-corrected chi connectivity index (χ3v) is 7.03. The van der Waals surface area contributed by atoms with Gasteiger partial charge in [-0.1, -0.05) is 58.8 Å². The summed E-state index contributed by atoms with van der Waals surface area (Å²) in [4.78, 5) is 4.39. The van der Waals surface area contributed by atoms with E-state index in [0.29, 0.717) is 14.3 Å². The summed E-state index contributed by atoms with van der Waals surface area (Å²) in [6.45, 7) is 10.7. The normalized spacial score (nSPS) is 15.0. The minimum atomic E-state index is -0.0923. The van der Waals surface area contributed by atoms with Crippen LogP contribution in [0.4, 0.5) is 0 Å². The molecule has 2 nitrogen and oxygen atoms in total. The molecule has 0 radical (unpaired) electrons. The molecule has 2 unspecified atom stereocenters. The number of nitrogens with zero attached hydrogens (tertiary/aromatic N) is 1. The maximum Gasteiger partial charge on any atom is 0.122 e. The van der Waals surface area contributed by atoms with Crippen LogP contribution in [0.1, 0.15) is 49.4 Å². The van der Waals surface area contributed by atoms with Crippen molar-refractivity contribution in [3.63, 3.8) is 0 Å². The predicted molar refractivity (Wildman–Crippen MR) is 108 cm³/mol. The Hall–Kier alpha value is -1.66. The van der Waals surface area contributed by atoms with Gasteiger partial charge < -0.3 is 5.11 Å². The SMILES string of the molecule is CCC(C)(Pc1c(C)cccc1C(C)=NC)c1cccc(C)c1O. The van der Waals surface area contributed by atoms with Gasteiger partial charge in [-0.2, -0.15) is 0 Å². The molecule has 128 valence electrons. The lowest BCUT2D eigenvalue weighted by atomic mass is 9.94. The van der Waals surface area contributed by atoms with E-state index in [2.05, 4.69) is 57.0 Å². The first-order valence-electron chi connectivity index (χ1n) is 8.44. The molecule has 0 heterocycles. The molecule has 0 amide bonds. The molecule has 1 N–H and O–H groups in total. The van der Waals surface area contributed by atoms with Crippen molar-refractivity contribution in [2.45, 2.75) is 46.2 Å². The molecule has 2 aromatic rings. The molecule has 2 rings (SSSR count). The van der Waals surface area contributed by atoms with Crippen molar-refractivity contribution in [2.75, 3.05) is 7.05 Å². The first-order valence-corrected chi connectivity index (χ1v) is 9.44. The van der Waals surface area contributed by atoms with Crippen LogP contribution in [0.3, 0.4) is 0 Å². The van der Waals surface area contributed by atoms with Gasteiger partial charge in [0.15, 0.2) is 0 Å². The van der Waals surface area contributed by atoms with Gasteiger partial charge >= 0.3 is 0 Å². The number of aliphatic imine (C=N–C) groups is 1. The lowest BCUT2D eigenvalue weighted by molar-refractivity contribution is 0.452. The van der Waals surface area contributed by atoms with Gasteiger partial charge in [-0.05, 0) is 43.6 Å². The summed E-state index contributed by atoms with van der Waals surface area (Å²) in [7, 11) is 2.41. The van der Waals surface area contributed by atoms with Crippen molar-refractivity contribution in [2.24, 2.45) is 4.99 Å². The van der Waals surface area contributed by atoms with E-state index in [1.165, 1.54) is 16.4 Å². The molecule has 24 heavy (non-hydrogen) atoms. The topological polar surface area (TPSA) is 32.6 Å². The molecule has 0 aliphatic rings. The van der Waals surface area contributed by atoms with Gasteiger partial charge in [0, 0.05) is 29.0 Å². The van der Waals surface area contributed by atoms with Crippen LogP contribution in [0.15, 0.2) is 41.4 Å². The molecule has 2 atom stereocenters. The number of phenolic OH excluding ortho intramolecular Hbond substituents is 1. The maximum atomic E-state index is 10.6. The summed E-state index contributed by atoms with van der Waals surface area (Å²) in [6.07, 6.45) is 0.971. The lowest BCUT2D eigenvalue weighted by Gasteiger charge is -2.32. The molecule has 0 saturated heterocycles. The smallest absolute Gasteiger partial charge is 0.122 e. The number of para-hydroxylation sites is 1. The third kappa shape index (κ3) is 3.54. The summed E-state index contributed by atoms with van der Waals surface area (Å²) in [5, 5.41) is 11.9. The van der Waals surface area contributed by atoms with Crippen molar-refractivity contribution < 1.29 is 5.11 Å². The van der Waals surface area contributed by atoms with Crippen LogP contribution in [-0.4, -0.2) is 17.9 Å². The fraction of sp³-hybridized carbons (Fsp3) is 0.381. The molecule has 3 heteroatoms. The van der Waals surface area contributed by atoms with E-state index in [4.69, 9.17) is 0 Å². The number of hydrogen-bond acceptors (Lipinski definition) is 2. The highest BCUT2D eigenvalue weighted by atomic mass is 31.1. The summed E-state index contributed by atoms with van der Waals surface area (Å²) >= 11 is 0. The van der Waals surface area contributed by atoms with E-state index in [0.717, 1.165) is 23.3 Å². The maximum absolute atomic E-state index is 10.6. The molecular formula is C21H28NOP. The van der Waals surface area contributed by atoms with E-state index >= 15 is 0 Å². The van der Waals surface area contributed by atoms with Gasteiger partial charge in [-0.15, -0.1) is 0 Å². The van der Waals surface area contributed by atoms with Crippen molar-refractivity contribution in [1.82, 2.24) is 0 Å². The highest BCUT2D eigenvalue weighted by molar-refractivity contribution is 7.49. The van der Waals surface area contributed by atoms with Crippen LogP contribution in [0.2, 0.25) is 0 Å². The van der Waals surface area contributed by atoms with Gasteiger partial charge in [0.05, 0.1) is 0 Å². The molecule has 0 aliphatic carbocycles. The van der Waals surface area contributed by atoms with E-state index in [1.54, 1.807) is 0 Å². The molecule has 0 aliphatic heterocycles. The van der Waals surface area contributed by atoms with Gasteiger partial charge in [0.2, 0.25) is 0 Å². The van der Waals surface area contributed by atoms with Crippen LogP contribution in [0.25, 0.3) is 0 Å². The average molecular weight is 341 g/mol. The van der Waals surface area contributed by atoms with Gasteiger partial charge in [-0.3, -0.25) is 4.99 Å². The Labute approximate surface area is 147 Å². The zero-order chi connectivity index (χ0) is 17.9. The van der Waals surface area contributed by atoms with Gasteiger partial charge in [-0.25, -0.2) is 0 Å². The van der Waals surface area contributed by atoms with Crippen LogP contribution in [0, 0.1) is 13.8 Å². The zero-order valence-electron chi connectivity index (χ0n) is 15.6. The third-order valence-electron chi connectivity index (χ3n) is 4.94.